The molecule has 0 spiro atoms. The van der Waals surface area contributed by atoms with Crippen LogP contribution >= 0.6 is 0 Å². The van der Waals surface area contributed by atoms with Crippen molar-refractivity contribution in [2.75, 3.05) is 0 Å². The average molecular weight is 222 g/mol. The van der Waals surface area contributed by atoms with Gasteiger partial charge in [-0.15, -0.1) is 0 Å². The van der Waals surface area contributed by atoms with Gasteiger partial charge < -0.3 is 9.64 Å². The van der Waals surface area contributed by atoms with Gasteiger partial charge in [-0.05, 0) is 27.7 Å². The summed E-state index contributed by atoms with van der Waals surface area (Å²) in [6, 6.07) is 2.78. The van der Waals surface area contributed by atoms with E-state index in [4.69, 9.17) is 16.6 Å². The SMILES string of the molecule is C#CN1C(C)(C)CC(OC(C)=N)CC1(C)C. The topological polar surface area (TPSA) is 36.3 Å². The van der Waals surface area contributed by atoms with Gasteiger partial charge in [0.25, 0.3) is 0 Å². The van der Waals surface area contributed by atoms with E-state index >= 15 is 0 Å². The fraction of sp³-hybridized carbons (Fsp3) is 0.769. The van der Waals surface area contributed by atoms with Crippen LogP contribution in [0.15, 0.2) is 0 Å². The third kappa shape index (κ3) is 2.49. The van der Waals surface area contributed by atoms with Crippen molar-refractivity contribution in [3.05, 3.63) is 0 Å². The molecule has 0 aliphatic carbocycles. The molecule has 1 aliphatic heterocycles. The van der Waals surface area contributed by atoms with E-state index in [2.05, 4.69) is 38.6 Å². The minimum absolute atomic E-state index is 0.0867. The highest BCUT2D eigenvalue weighted by atomic mass is 16.5. The second kappa shape index (κ2) is 4.01. The standard InChI is InChI=1S/C13H22N2O/c1-7-15-12(3,4)8-11(16-10(2)14)9-13(15,5)6/h1,11,14H,8-9H2,2-6H3. The molecule has 0 amide bonds. The molecule has 3 nitrogen and oxygen atoms in total. The number of ether oxygens (including phenoxy) is 1. The van der Waals surface area contributed by atoms with Gasteiger partial charge in [0.2, 0.25) is 0 Å². The maximum Gasteiger partial charge on any atom is 0.177 e. The summed E-state index contributed by atoms with van der Waals surface area (Å²) in [6.45, 7) is 10.2. The molecule has 0 aromatic carbocycles. The van der Waals surface area contributed by atoms with Crippen LogP contribution in [0.2, 0.25) is 0 Å². The summed E-state index contributed by atoms with van der Waals surface area (Å²) in [6.07, 6.45) is 7.40. The molecule has 1 saturated heterocycles. The van der Waals surface area contributed by atoms with Gasteiger partial charge in [0.1, 0.15) is 6.10 Å². The Hall–Kier alpha value is -1.17. The second-order valence-corrected chi connectivity index (χ2v) is 5.79. The lowest BCUT2D eigenvalue weighted by atomic mass is 9.78. The molecule has 90 valence electrons. The summed E-state index contributed by atoms with van der Waals surface area (Å²) in [5.41, 5.74) is -0.173. The maximum atomic E-state index is 7.41. The molecule has 0 radical (unpaired) electrons. The molecule has 0 unspecified atom stereocenters. The number of likely N-dealkylation sites (tertiary alicyclic amines) is 1. The van der Waals surface area contributed by atoms with Crippen LogP contribution in [0, 0.1) is 17.9 Å². The lowest BCUT2D eigenvalue weighted by Crippen LogP contribution is -2.60. The highest BCUT2D eigenvalue weighted by molar-refractivity contribution is 5.69. The second-order valence-electron chi connectivity index (χ2n) is 5.79. The molecule has 1 aliphatic rings. The van der Waals surface area contributed by atoms with Crippen LogP contribution in [0.1, 0.15) is 47.5 Å². The van der Waals surface area contributed by atoms with Crippen molar-refractivity contribution in [2.45, 2.75) is 64.6 Å². The monoisotopic (exact) mass is 222 g/mol. The van der Waals surface area contributed by atoms with Gasteiger partial charge in [-0.3, -0.25) is 5.41 Å². The number of rotatable bonds is 1. The number of nitrogens with one attached hydrogen (secondary N) is 1. The Labute approximate surface area is 98.7 Å². The summed E-state index contributed by atoms with van der Waals surface area (Å²) < 4.78 is 5.54. The maximum absolute atomic E-state index is 7.41. The van der Waals surface area contributed by atoms with Crippen molar-refractivity contribution in [3.8, 4) is 12.5 Å². The van der Waals surface area contributed by atoms with Gasteiger partial charge >= 0.3 is 0 Å². The van der Waals surface area contributed by atoms with Crippen molar-refractivity contribution >= 4 is 5.90 Å². The van der Waals surface area contributed by atoms with Crippen LogP contribution in [0.3, 0.4) is 0 Å². The number of piperidine rings is 1. The number of terminal acetylenes is 1. The molecule has 0 aromatic rings. The molecule has 1 rings (SSSR count). The quantitative estimate of drug-likeness (QED) is 0.420. The molecule has 3 heteroatoms. The summed E-state index contributed by atoms with van der Waals surface area (Å²) >= 11 is 0. The van der Waals surface area contributed by atoms with Crippen LogP contribution in [-0.4, -0.2) is 28.0 Å². The Balaban J connectivity index is 2.90. The first-order chi connectivity index (χ1) is 7.19. The lowest BCUT2D eigenvalue weighted by molar-refractivity contribution is -0.0381. The third-order valence-electron chi connectivity index (χ3n) is 3.14. The fourth-order valence-corrected chi connectivity index (χ4v) is 2.87. The largest absolute Gasteiger partial charge is 0.478 e. The van der Waals surface area contributed by atoms with Crippen molar-refractivity contribution in [3.63, 3.8) is 0 Å². The van der Waals surface area contributed by atoms with E-state index < -0.39 is 0 Å². The van der Waals surface area contributed by atoms with Gasteiger partial charge in [-0.2, -0.15) is 0 Å². The minimum atomic E-state index is -0.0867. The van der Waals surface area contributed by atoms with Gasteiger partial charge in [0, 0.05) is 36.9 Å². The smallest absolute Gasteiger partial charge is 0.177 e. The summed E-state index contributed by atoms with van der Waals surface area (Å²) in [7, 11) is 0. The van der Waals surface area contributed by atoms with Crippen LogP contribution in [0.25, 0.3) is 0 Å². The molecule has 16 heavy (non-hydrogen) atoms. The molecule has 0 atom stereocenters. The summed E-state index contributed by atoms with van der Waals surface area (Å²) in [5.74, 6) is 0.283. The zero-order chi connectivity index (χ0) is 12.6. The van der Waals surface area contributed by atoms with Gasteiger partial charge in [0.15, 0.2) is 5.90 Å². The van der Waals surface area contributed by atoms with Crippen molar-refractivity contribution in [2.24, 2.45) is 0 Å². The Bertz CT molecular complexity index is 307. The molecule has 0 saturated carbocycles. The highest BCUT2D eigenvalue weighted by Crippen LogP contribution is 2.38. The first-order valence-corrected chi connectivity index (χ1v) is 5.67. The van der Waals surface area contributed by atoms with Crippen molar-refractivity contribution in [1.82, 2.24) is 4.90 Å². The normalized spacial score (nSPS) is 23.6. The van der Waals surface area contributed by atoms with Crippen molar-refractivity contribution in [1.29, 1.82) is 5.41 Å². The van der Waals surface area contributed by atoms with E-state index in [0.717, 1.165) is 12.8 Å². The van der Waals surface area contributed by atoms with E-state index in [1.54, 1.807) is 6.92 Å². The van der Waals surface area contributed by atoms with Crippen LogP contribution < -0.4 is 0 Å². The van der Waals surface area contributed by atoms with E-state index in [1.165, 1.54) is 0 Å². The predicted octanol–water partition coefficient (Wildman–Crippen LogP) is 2.61. The Morgan fingerprint density at radius 2 is 1.75 bits per heavy atom. The van der Waals surface area contributed by atoms with Crippen LogP contribution in [0.4, 0.5) is 0 Å². The van der Waals surface area contributed by atoms with Gasteiger partial charge in [-0.1, -0.05) is 6.42 Å². The first kappa shape index (κ1) is 12.9. The number of hydrogen-bond donors (Lipinski definition) is 1. The van der Waals surface area contributed by atoms with Crippen molar-refractivity contribution < 1.29 is 4.74 Å². The average Bonchev–Trinajstić information content (AvgIpc) is 1.97. The van der Waals surface area contributed by atoms with E-state index in [1.807, 2.05) is 0 Å². The van der Waals surface area contributed by atoms with Crippen LogP contribution in [0.5, 0.6) is 0 Å². The zero-order valence-electron chi connectivity index (χ0n) is 10.9. The van der Waals surface area contributed by atoms with E-state index in [0.29, 0.717) is 0 Å². The zero-order valence-corrected chi connectivity index (χ0v) is 10.9. The summed E-state index contributed by atoms with van der Waals surface area (Å²) in [4.78, 5) is 2.07. The van der Waals surface area contributed by atoms with Gasteiger partial charge in [0.05, 0.1) is 0 Å². The molecule has 0 bridgehead atoms. The number of hydrogen-bond acceptors (Lipinski definition) is 3. The molecule has 1 heterocycles. The Kier molecular flexibility index (Phi) is 3.23. The molecule has 0 aromatic heterocycles. The van der Waals surface area contributed by atoms with E-state index in [-0.39, 0.29) is 23.1 Å². The van der Waals surface area contributed by atoms with Gasteiger partial charge in [-0.25, -0.2) is 0 Å². The Morgan fingerprint density at radius 1 is 1.31 bits per heavy atom. The molecular weight excluding hydrogens is 200 g/mol. The predicted molar refractivity (Wildman–Crippen MR) is 66.3 cm³/mol. The molecule has 1 fully saturated rings. The lowest BCUT2D eigenvalue weighted by Gasteiger charge is -2.53. The number of nitrogens with zero attached hydrogens (tertiary/aromatic N) is 1. The molecular formula is C13H22N2O. The summed E-state index contributed by atoms with van der Waals surface area (Å²) in [5, 5.41) is 7.41. The Morgan fingerprint density at radius 3 is 2.06 bits per heavy atom. The minimum Gasteiger partial charge on any atom is -0.478 e. The fourth-order valence-electron chi connectivity index (χ4n) is 2.87. The van der Waals surface area contributed by atoms with Crippen LogP contribution in [-0.2, 0) is 4.74 Å². The highest BCUT2D eigenvalue weighted by Gasteiger charge is 2.45. The third-order valence-corrected chi connectivity index (χ3v) is 3.14. The first-order valence-electron chi connectivity index (χ1n) is 5.67. The van der Waals surface area contributed by atoms with E-state index in [9.17, 15) is 0 Å². The molecule has 1 N–H and O–H groups in total.